The van der Waals surface area contributed by atoms with Gasteiger partial charge in [0.1, 0.15) is 11.9 Å². The first kappa shape index (κ1) is 12.0. The molecule has 0 spiro atoms. The summed E-state index contributed by atoms with van der Waals surface area (Å²) in [4.78, 5) is 4.02. The highest BCUT2D eigenvalue weighted by atomic mass is 35.5. The molecule has 1 N–H and O–H groups in total. The van der Waals surface area contributed by atoms with Crippen molar-refractivity contribution in [2.24, 2.45) is 0 Å². The maximum absolute atomic E-state index is 13.0. The molecule has 1 aromatic carbocycles. The van der Waals surface area contributed by atoms with Crippen LogP contribution in [-0.2, 0) is 6.42 Å². The van der Waals surface area contributed by atoms with Crippen molar-refractivity contribution in [1.29, 1.82) is 0 Å². The molecule has 2 rings (SSSR count). The van der Waals surface area contributed by atoms with E-state index in [1.54, 1.807) is 30.5 Å². The van der Waals surface area contributed by atoms with E-state index in [1.807, 2.05) is 0 Å². The monoisotopic (exact) mass is 251 g/mol. The molecule has 0 saturated heterocycles. The van der Waals surface area contributed by atoms with Crippen LogP contribution in [0.1, 0.15) is 17.4 Å². The van der Waals surface area contributed by atoms with Gasteiger partial charge in [-0.25, -0.2) is 4.39 Å². The second-order valence-corrected chi connectivity index (χ2v) is 4.13. The average molecular weight is 252 g/mol. The van der Waals surface area contributed by atoms with Gasteiger partial charge in [-0.15, -0.1) is 0 Å². The second-order valence-electron chi connectivity index (χ2n) is 3.72. The Balaban J connectivity index is 2.17. The summed E-state index contributed by atoms with van der Waals surface area (Å²) in [5.41, 5.74) is 1.12. The van der Waals surface area contributed by atoms with E-state index in [0.717, 1.165) is 0 Å². The lowest BCUT2D eigenvalue weighted by molar-refractivity contribution is 0.173. The van der Waals surface area contributed by atoms with E-state index < -0.39 is 6.10 Å². The predicted octanol–water partition coefficient (Wildman–Crippen LogP) is 3.15. The Bertz CT molecular complexity index is 518. The molecule has 0 amide bonds. The highest BCUT2D eigenvalue weighted by Gasteiger charge is 2.13. The summed E-state index contributed by atoms with van der Waals surface area (Å²) in [5.74, 6) is -0.318. The fraction of sp³-hybridized carbons (Fsp3) is 0.154. The van der Waals surface area contributed by atoms with Crippen LogP contribution in [0.3, 0.4) is 0 Å². The summed E-state index contributed by atoms with van der Waals surface area (Å²) in [5, 5.41) is 10.4. The Morgan fingerprint density at radius 1 is 1.29 bits per heavy atom. The van der Waals surface area contributed by atoms with Crippen LogP contribution in [0.4, 0.5) is 4.39 Å². The van der Waals surface area contributed by atoms with Crippen molar-refractivity contribution in [3.05, 3.63) is 64.7 Å². The number of benzene rings is 1. The van der Waals surface area contributed by atoms with Crippen molar-refractivity contribution in [3.63, 3.8) is 0 Å². The molecule has 0 saturated carbocycles. The van der Waals surface area contributed by atoms with Crippen molar-refractivity contribution >= 4 is 11.6 Å². The molecule has 2 aromatic rings. The first-order valence-corrected chi connectivity index (χ1v) is 5.57. The molecule has 2 nitrogen and oxygen atoms in total. The lowest BCUT2D eigenvalue weighted by Crippen LogP contribution is -2.05. The van der Waals surface area contributed by atoms with Gasteiger partial charge in [-0.2, -0.15) is 0 Å². The predicted molar refractivity (Wildman–Crippen MR) is 64.3 cm³/mol. The van der Waals surface area contributed by atoms with Crippen LogP contribution in [0.2, 0.25) is 5.02 Å². The molecule has 0 fully saturated rings. The molecule has 1 unspecified atom stereocenters. The Morgan fingerprint density at radius 3 is 2.82 bits per heavy atom. The Kier molecular flexibility index (Phi) is 3.71. The topological polar surface area (TPSA) is 33.1 Å². The van der Waals surface area contributed by atoms with Gasteiger partial charge in [0.15, 0.2) is 0 Å². The minimum Gasteiger partial charge on any atom is -0.386 e. The van der Waals surface area contributed by atoms with Crippen LogP contribution in [0.15, 0.2) is 42.6 Å². The lowest BCUT2D eigenvalue weighted by atomic mass is 10.1. The van der Waals surface area contributed by atoms with Crippen LogP contribution < -0.4 is 0 Å². The number of halogens is 2. The van der Waals surface area contributed by atoms with Crippen molar-refractivity contribution in [2.75, 3.05) is 0 Å². The molecule has 4 heteroatoms. The molecular formula is C13H11ClFNO. The van der Waals surface area contributed by atoms with Crippen molar-refractivity contribution in [2.45, 2.75) is 12.5 Å². The number of nitrogens with zero attached hydrogens (tertiary/aromatic N) is 1. The van der Waals surface area contributed by atoms with E-state index in [2.05, 4.69) is 4.98 Å². The SMILES string of the molecule is OC(Cc1cccc(F)c1)c1ncccc1Cl. The highest BCUT2D eigenvalue weighted by Crippen LogP contribution is 2.23. The Morgan fingerprint density at radius 2 is 2.12 bits per heavy atom. The van der Waals surface area contributed by atoms with E-state index in [0.29, 0.717) is 16.3 Å². The van der Waals surface area contributed by atoms with E-state index in [9.17, 15) is 9.50 Å². The Labute approximate surface area is 104 Å². The summed E-state index contributed by atoms with van der Waals surface area (Å²) < 4.78 is 13.0. The van der Waals surface area contributed by atoms with Crippen molar-refractivity contribution < 1.29 is 9.50 Å². The maximum atomic E-state index is 13.0. The lowest BCUT2D eigenvalue weighted by Gasteiger charge is -2.11. The number of hydrogen-bond acceptors (Lipinski definition) is 2. The van der Waals surface area contributed by atoms with Gasteiger partial charge in [0.25, 0.3) is 0 Å². The van der Waals surface area contributed by atoms with Crippen LogP contribution in [0, 0.1) is 5.82 Å². The van der Waals surface area contributed by atoms with Gasteiger partial charge in [-0.3, -0.25) is 4.98 Å². The van der Waals surface area contributed by atoms with Crippen LogP contribution in [-0.4, -0.2) is 10.1 Å². The maximum Gasteiger partial charge on any atom is 0.123 e. The summed E-state index contributed by atoms with van der Waals surface area (Å²) >= 11 is 5.92. The zero-order valence-electron chi connectivity index (χ0n) is 8.98. The van der Waals surface area contributed by atoms with Gasteiger partial charge in [0, 0.05) is 12.6 Å². The minimum absolute atomic E-state index is 0.286. The fourth-order valence-electron chi connectivity index (χ4n) is 1.63. The minimum atomic E-state index is -0.828. The van der Waals surface area contributed by atoms with E-state index in [4.69, 9.17) is 11.6 Å². The molecule has 0 aliphatic carbocycles. The molecule has 1 heterocycles. The molecule has 0 aliphatic rings. The molecular weight excluding hydrogens is 241 g/mol. The van der Waals surface area contributed by atoms with E-state index >= 15 is 0 Å². The van der Waals surface area contributed by atoms with Crippen molar-refractivity contribution in [3.8, 4) is 0 Å². The number of aliphatic hydroxyl groups is 1. The van der Waals surface area contributed by atoms with Gasteiger partial charge in [0.05, 0.1) is 10.7 Å². The van der Waals surface area contributed by atoms with Crippen molar-refractivity contribution in [1.82, 2.24) is 4.98 Å². The molecule has 0 aliphatic heterocycles. The first-order chi connectivity index (χ1) is 8.16. The summed E-state index contributed by atoms with van der Waals surface area (Å²) in [6.07, 6.45) is 1.02. The van der Waals surface area contributed by atoms with Crippen LogP contribution >= 0.6 is 11.6 Å². The quantitative estimate of drug-likeness (QED) is 0.909. The van der Waals surface area contributed by atoms with Gasteiger partial charge in [-0.1, -0.05) is 23.7 Å². The van der Waals surface area contributed by atoms with Gasteiger partial charge < -0.3 is 5.11 Å². The van der Waals surface area contributed by atoms with Gasteiger partial charge in [0.2, 0.25) is 0 Å². The van der Waals surface area contributed by atoms with Gasteiger partial charge >= 0.3 is 0 Å². The largest absolute Gasteiger partial charge is 0.386 e. The third-order valence-corrected chi connectivity index (χ3v) is 2.74. The number of aliphatic hydroxyl groups excluding tert-OH is 1. The highest BCUT2D eigenvalue weighted by molar-refractivity contribution is 6.31. The summed E-state index contributed by atoms with van der Waals surface area (Å²) in [6.45, 7) is 0. The Hall–Kier alpha value is -1.45. The standard InChI is InChI=1S/C13H11ClFNO/c14-11-5-2-6-16-13(11)12(17)8-9-3-1-4-10(15)7-9/h1-7,12,17H,8H2. The molecule has 1 aromatic heterocycles. The summed E-state index contributed by atoms with van der Waals surface area (Å²) in [6, 6.07) is 9.48. The first-order valence-electron chi connectivity index (χ1n) is 5.20. The number of rotatable bonds is 3. The smallest absolute Gasteiger partial charge is 0.123 e. The molecule has 0 radical (unpaired) electrons. The molecule has 88 valence electrons. The zero-order valence-corrected chi connectivity index (χ0v) is 9.73. The summed E-state index contributed by atoms with van der Waals surface area (Å²) in [7, 11) is 0. The third kappa shape index (κ3) is 3.02. The van der Waals surface area contributed by atoms with Gasteiger partial charge in [-0.05, 0) is 29.8 Å². The zero-order chi connectivity index (χ0) is 12.3. The normalized spacial score (nSPS) is 12.4. The third-order valence-electron chi connectivity index (χ3n) is 2.42. The number of aromatic nitrogens is 1. The molecule has 17 heavy (non-hydrogen) atoms. The van der Waals surface area contributed by atoms with E-state index in [-0.39, 0.29) is 12.2 Å². The number of pyridine rings is 1. The average Bonchev–Trinajstić information content (AvgIpc) is 2.29. The number of hydrogen-bond donors (Lipinski definition) is 1. The second kappa shape index (κ2) is 5.25. The molecule has 1 atom stereocenters. The van der Waals surface area contributed by atoms with Crippen LogP contribution in [0.5, 0.6) is 0 Å². The van der Waals surface area contributed by atoms with E-state index in [1.165, 1.54) is 12.1 Å². The fourth-order valence-corrected chi connectivity index (χ4v) is 1.87. The molecule has 0 bridgehead atoms. The van der Waals surface area contributed by atoms with Crippen LogP contribution in [0.25, 0.3) is 0 Å².